The topological polar surface area (TPSA) is 105 Å². The van der Waals surface area contributed by atoms with Gasteiger partial charge in [-0.15, -0.1) is 0 Å². The Labute approximate surface area is 173 Å². The number of halogens is 4. The number of ether oxygens (including phenoxy) is 1. The lowest BCUT2D eigenvalue weighted by Crippen LogP contribution is -2.46. The lowest BCUT2D eigenvalue weighted by atomic mass is 10.1. The van der Waals surface area contributed by atoms with Crippen molar-refractivity contribution in [3.05, 3.63) is 59.3 Å². The van der Waals surface area contributed by atoms with E-state index in [-0.39, 0.29) is 17.1 Å². The summed E-state index contributed by atoms with van der Waals surface area (Å²) in [7, 11) is 0. The molecule has 2 aromatic heterocycles. The largest absolute Gasteiger partial charge is 0.446 e. The number of aromatic nitrogens is 4. The average molecular weight is 444 g/mol. The Morgan fingerprint density at radius 1 is 1.40 bits per heavy atom. The van der Waals surface area contributed by atoms with Crippen molar-refractivity contribution in [1.82, 2.24) is 25.1 Å². The van der Waals surface area contributed by atoms with E-state index in [2.05, 4.69) is 20.4 Å². The fraction of sp³-hybridized carbons (Fsp3) is 0.278. The van der Waals surface area contributed by atoms with E-state index in [0.717, 1.165) is 4.68 Å². The van der Waals surface area contributed by atoms with Crippen molar-refractivity contribution in [2.75, 3.05) is 0 Å². The van der Waals surface area contributed by atoms with Gasteiger partial charge in [-0.1, -0.05) is 23.7 Å². The van der Waals surface area contributed by atoms with E-state index >= 15 is 0 Å². The molecule has 0 bridgehead atoms. The molecule has 2 atom stereocenters. The predicted molar refractivity (Wildman–Crippen MR) is 100 cm³/mol. The summed E-state index contributed by atoms with van der Waals surface area (Å²) < 4.78 is 45.9. The van der Waals surface area contributed by atoms with Crippen LogP contribution in [0.1, 0.15) is 18.3 Å². The van der Waals surface area contributed by atoms with Crippen molar-refractivity contribution in [3.63, 3.8) is 0 Å². The zero-order chi connectivity index (χ0) is 21.9. The number of aliphatic hydroxyl groups is 1. The number of hydrogen-bond acceptors (Lipinski definition) is 5. The molecule has 0 saturated heterocycles. The Hall–Kier alpha value is -3.05. The van der Waals surface area contributed by atoms with E-state index in [0.29, 0.717) is 11.8 Å². The van der Waals surface area contributed by atoms with E-state index in [1.165, 1.54) is 31.6 Å². The molecule has 3 rings (SSSR count). The second-order valence-corrected chi connectivity index (χ2v) is 6.73. The molecule has 0 fully saturated rings. The van der Waals surface area contributed by atoms with Crippen LogP contribution in [0, 0.1) is 0 Å². The Kier molecular flexibility index (Phi) is 6.32. The van der Waals surface area contributed by atoms with Crippen LogP contribution in [0.25, 0.3) is 5.69 Å². The van der Waals surface area contributed by atoms with Gasteiger partial charge in [-0.2, -0.15) is 23.0 Å². The third-order valence-corrected chi connectivity index (χ3v) is 4.34. The smallest absolute Gasteiger partial charge is 0.435 e. The highest BCUT2D eigenvalue weighted by molar-refractivity contribution is 6.32. The van der Waals surface area contributed by atoms with Gasteiger partial charge in [0.1, 0.15) is 0 Å². The first-order chi connectivity index (χ1) is 14.1. The van der Waals surface area contributed by atoms with Crippen molar-refractivity contribution >= 4 is 17.5 Å². The molecule has 160 valence electrons. The maximum Gasteiger partial charge on any atom is 0.435 e. The molecule has 12 heteroatoms. The first-order valence-corrected chi connectivity index (χ1v) is 9.04. The summed E-state index contributed by atoms with van der Waals surface area (Å²) in [6.45, 7) is 1.24. The van der Waals surface area contributed by atoms with Gasteiger partial charge in [0.25, 0.3) is 0 Å². The Morgan fingerprint density at radius 3 is 2.73 bits per heavy atom. The van der Waals surface area contributed by atoms with Crippen LogP contribution in [0.5, 0.6) is 5.88 Å². The number of para-hydroxylation sites is 1. The second-order valence-electron chi connectivity index (χ2n) is 6.33. The molecule has 3 N–H and O–H groups in total. The van der Waals surface area contributed by atoms with Gasteiger partial charge >= 0.3 is 6.18 Å². The minimum absolute atomic E-state index is 0.0904. The maximum atomic E-state index is 13.2. The van der Waals surface area contributed by atoms with Crippen LogP contribution < -0.4 is 10.1 Å². The molecular weight excluding hydrogens is 427 g/mol. The van der Waals surface area contributed by atoms with Gasteiger partial charge < -0.3 is 20.1 Å². The van der Waals surface area contributed by atoms with E-state index in [9.17, 15) is 23.1 Å². The molecule has 1 aromatic carbocycles. The number of alkyl halides is 3. The zero-order valence-electron chi connectivity index (χ0n) is 15.5. The van der Waals surface area contributed by atoms with E-state index in [1.54, 1.807) is 12.1 Å². The predicted octanol–water partition coefficient (Wildman–Crippen LogP) is 2.71. The molecule has 0 aliphatic rings. The summed E-state index contributed by atoms with van der Waals surface area (Å²) in [5.41, 5.74) is -0.525. The highest BCUT2D eigenvalue weighted by Gasteiger charge is 2.36. The highest BCUT2D eigenvalue weighted by atomic mass is 35.5. The number of H-pyrrole nitrogens is 1. The molecule has 0 aliphatic carbocycles. The molecule has 2 heterocycles. The molecule has 30 heavy (non-hydrogen) atoms. The van der Waals surface area contributed by atoms with Gasteiger partial charge in [-0.25, -0.2) is 4.98 Å². The summed E-state index contributed by atoms with van der Waals surface area (Å²) in [4.78, 5) is 18.2. The number of nitrogens with zero attached hydrogens (tertiary/aromatic N) is 3. The maximum absolute atomic E-state index is 13.2. The number of imidazole rings is 1. The number of amides is 1. The first kappa shape index (κ1) is 21.7. The van der Waals surface area contributed by atoms with Gasteiger partial charge in [0.05, 0.1) is 23.1 Å². The van der Waals surface area contributed by atoms with Crippen molar-refractivity contribution < 1.29 is 27.8 Å². The third-order valence-electron chi connectivity index (χ3n) is 4.02. The molecular formula is C18H17ClF3N5O3. The molecule has 0 saturated carbocycles. The number of nitrogens with one attached hydrogen (secondary N) is 2. The van der Waals surface area contributed by atoms with Gasteiger partial charge in [0.15, 0.2) is 5.69 Å². The minimum atomic E-state index is -4.75. The van der Waals surface area contributed by atoms with E-state index in [4.69, 9.17) is 16.3 Å². The van der Waals surface area contributed by atoms with Crippen LogP contribution >= 0.6 is 11.6 Å². The van der Waals surface area contributed by atoms with Crippen LogP contribution in [-0.4, -0.2) is 43.1 Å². The molecule has 0 radical (unpaired) electrons. The third kappa shape index (κ3) is 5.10. The standard InChI is InChI=1S/C18H17ClF3N5O3/c1-10(28)25-13(6-11-8-23-9-24-11)17(29)30-16-7-15(18(20,21)22)26-27(16)14-5-3-2-4-12(14)19/h2-5,7-9,13,17,29H,6H2,1H3,(H,23,24)(H,25,28)/t13-,17?/m1/s1. The fourth-order valence-corrected chi connectivity index (χ4v) is 2.92. The van der Waals surface area contributed by atoms with Crippen molar-refractivity contribution in [1.29, 1.82) is 0 Å². The molecule has 0 aliphatic heterocycles. The lowest BCUT2D eigenvalue weighted by Gasteiger charge is -2.24. The number of rotatable bonds is 7. The summed E-state index contributed by atoms with van der Waals surface area (Å²) in [6.07, 6.45) is -3.46. The number of carbonyl (C=O) groups excluding carboxylic acids is 1. The Morgan fingerprint density at radius 2 is 2.13 bits per heavy atom. The second kappa shape index (κ2) is 8.76. The molecule has 0 spiro atoms. The Bertz CT molecular complexity index is 1010. The van der Waals surface area contributed by atoms with Crippen LogP contribution in [0.15, 0.2) is 42.9 Å². The summed E-state index contributed by atoms with van der Waals surface area (Å²) >= 11 is 6.09. The van der Waals surface area contributed by atoms with Gasteiger partial charge in [0.2, 0.25) is 18.1 Å². The monoisotopic (exact) mass is 443 g/mol. The van der Waals surface area contributed by atoms with Gasteiger partial charge in [0, 0.05) is 31.3 Å². The molecule has 8 nitrogen and oxygen atoms in total. The number of carbonyl (C=O) groups is 1. The number of aliphatic hydroxyl groups excluding tert-OH is 1. The van der Waals surface area contributed by atoms with Crippen LogP contribution in [-0.2, 0) is 17.4 Å². The molecule has 1 unspecified atom stereocenters. The SMILES string of the molecule is CC(=O)N[C@H](Cc1cnc[nH]1)C(O)Oc1cc(C(F)(F)F)nn1-c1ccccc1Cl. The summed E-state index contributed by atoms with van der Waals surface area (Å²) in [5.74, 6) is -0.861. The van der Waals surface area contributed by atoms with Crippen molar-refractivity contribution in [3.8, 4) is 11.6 Å². The number of benzene rings is 1. The Balaban J connectivity index is 1.94. The normalized spacial score (nSPS) is 13.7. The van der Waals surface area contributed by atoms with Crippen molar-refractivity contribution in [2.24, 2.45) is 0 Å². The average Bonchev–Trinajstić information content (AvgIpc) is 3.31. The van der Waals surface area contributed by atoms with Gasteiger partial charge in [-0.3, -0.25) is 4.79 Å². The quantitative estimate of drug-likeness (QED) is 0.487. The van der Waals surface area contributed by atoms with Crippen molar-refractivity contribution in [2.45, 2.75) is 31.9 Å². The molecule has 1 amide bonds. The van der Waals surface area contributed by atoms with Crippen LogP contribution in [0.4, 0.5) is 13.2 Å². The fourth-order valence-electron chi connectivity index (χ4n) is 2.71. The zero-order valence-corrected chi connectivity index (χ0v) is 16.3. The van der Waals surface area contributed by atoms with Crippen LogP contribution in [0.3, 0.4) is 0 Å². The minimum Gasteiger partial charge on any atom is -0.446 e. The molecule has 3 aromatic rings. The highest BCUT2D eigenvalue weighted by Crippen LogP contribution is 2.34. The van der Waals surface area contributed by atoms with E-state index < -0.39 is 36.0 Å². The lowest BCUT2D eigenvalue weighted by molar-refractivity contribution is -0.141. The number of hydrogen-bond donors (Lipinski definition) is 3. The number of aromatic amines is 1. The van der Waals surface area contributed by atoms with E-state index in [1.807, 2.05) is 0 Å². The summed E-state index contributed by atoms with van der Waals surface area (Å²) in [5, 5.41) is 16.7. The van der Waals surface area contributed by atoms with Crippen LogP contribution in [0.2, 0.25) is 5.02 Å². The summed E-state index contributed by atoms with van der Waals surface area (Å²) in [6, 6.07) is 5.76. The van der Waals surface area contributed by atoms with Gasteiger partial charge in [-0.05, 0) is 12.1 Å². The first-order valence-electron chi connectivity index (χ1n) is 8.66.